The SMILES string of the molecule is CN(C)S(=O)[O-].OB(O)c1ccccc1. The second-order valence-electron chi connectivity index (χ2n) is 2.81. The van der Waals surface area contributed by atoms with Crippen LogP contribution in [0.2, 0.25) is 0 Å². The lowest BCUT2D eigenvalue weighted by Crippen LogP contribution is -2.29. The summed E-state index contributed by atoms with van der Waals surface area (Å²) < 4.78 is 20.3. The lowest BCUT2D eigenvalue weighted by Gasteiger charge is -2.10. The molecule has 1 rings (SSSR count). The Labute approximate surface area is 91.9 Å². The van der Waals surface area contributed by atoms with Crippen molar-refractivity contribution in [3.8, 4) is 0 Å². The fraction of sp³-hybridized carbons (Fsp3) is 0.250. The van der Waals surface area contributed by atoms with Gasteiger partial charge in [-0.05, 0) is 19.6 Å². The van der Waals surface area contributed by atoms with Crippen LogP contribution in [0.4, 0.5) is 0 Å². The standard InChI is InChI=1S/C6H7BO2.C2H7NO2S/c8-7(9)6-4-2-1-3-5-6;1-3(2)6(4)5/h1-5,8-9H;1-2H3,(H,4,5)/p-1. The van der Waals surface area contributed by atoms with Gasteiger partial charge in [-0.15, -0.1) is 0 Å². The van der Waals surface area contributed by atoms with Gasteiger partial charge in [0.1, 0.15) is 0 Å². The van der Waals surface area contributed by atoms with E-state index in [1.165, 1.54) is 14.1 Å². The zero-order valence-corrected chi connectivity index (χ0v) is 9.35. The van der Waals surface area contributed by atoms with Crippen molar-refractivity contribution >= 4 is 23.8 Å². The van der Waals surface area contributed by atoms with Crippen molar-refractivity contribution in [3.63, 3.8) is 0 Å². The maximum atomic E-state index is 9.62. The van der Waals surface area contributed by atoms with Gasteiger partial charge in [0, 0.05) is 11.3 Å². The number of nitrogens with zero attached hydrogens (tertiary/aromatic N) is 1. The predicted molar refractivity (Wildman–Crippen MR) is 58.9 cm³/mol. The normalized spacial score (nSPS) is 11.6. The third-order valence-electron chi connectivity index (χ3n) is 1.40. The topological polar surface area (TPSA) is 83.8 Å². The second-order valence-corrected chi connectivity index (χ2v) is 3.98. The molecule has 0 amide bonds. The molecule has 0 saturated carbocycles. The summed E-state index contributed by atoms with van der Waals surface area (Å²) in [5.74, 6) is 0. The summed E-state index contributed by atoms with van der Waals surface area (Å²) >= 11 is -2.03. The fourth-order valence-electron chi connectivity index (χ4n) is 0.625. The van der Waals surface area contributed by atoms with Gasteiger partial charge in [0.15, 0.2) is 0 Å². The number of rotatable bonds is 2. The summed E-state index contributed by atoms with van der Waals surface area (Å²) in [5, 5.41) is 17.2. The van der Waals surface area contributed by atoms with E-state index >= 15 is 0 Å². The Hall–Kier alpha value is -0.725. The summed E-state index contributed by atoms with van der Waals surface area (Å²) in [7, 11) is 1.58. The van der Waals surface area contributed by atoms with Crippen molar-refractivity contribution in [1.82, 2.24) is 4.31 Å². The van der Waals surface area contributed by atoms with Gasteiger partial charge in [0.05, 0.1) is 0 Å². The molecule has 0 saturated heterocycles. The zero-order valence-electron chi connectivity index (χ0n) is 8.53. The summed E-state index contributed by atoms with van der Waals surface area (Å²) in [4.78, 5) is 0. The molecule has 0 aliphatic carbocycles. The van der Waals surface area contributed by atoms with Gasteiger partial charge in [-0.3, -0.25) is 4.21 Å². The summed E-state index contributed by atoms with van der Waals surface area (Å²) in [6.45, 7) is 0. The lowest BCUT2D eigenvalue weighted by molar-refractivity contribution is 0.426. The van der Waals surface area contributed by atoms with E-state index in [0.29, 0.717) is 5.46 Å². The number of hydrogen-bond acceptors (Lipinski definition) is 4. The van der Waals surface area contributed by atoms with Crippen molar-refractivity contribution in [1.29, 1.82) is 0 Å². The fourth-order valence-corrected chi connectivity index (χ4v) is 0.625. The average Bonchev–Trinajstić information content (AvgIpc) is 2.20. The molecule has 0 aliphatic rings. The molecule has 2 N–H and O–H groups in total. The quantitative estimate of drug-likeness (QED) is 0.489. The van der Waals surface area contributed by atoms with Crippen LogP contribution in [0.25, 0.3) is 0 Å². The first-order valence-electron chi connectivity index (χ1n) is 4.13. The van der Waals surface area contributed by atoms with Crippen LogP contribution >= 0.6 is 0 Å². The molecule has 0 fully saturated rings. The summed E-state index contributed by atoms with van der Waals surface area (Å²) in [6, 6.07) is 8.66. The van der Waals surface area contributed by atoms with Gasteiger partial charge in [0.25, 0.3) is 0 Å². The molecule has 0 bridgehead atoms. The van der Waals surface area contributed by atoms with Gasteiger partial charge in [-0.1, -0.05) is 30.3 Å². The van der Waals surface area contributed by atoms with Gasteiger partial charge in [0.2, 0.25) is 0 Å². The molecule has 15 heavy (non-hydrogen) atoms. The van der Waals surface area contributed by atoms with Crippen LogP contribution in [-0.4, -0.2) is 44.3 Å². The number of benzene rings is 1. The Bertz CT molecular complexity index is 294. The van der Waals surface area contributed by atoms with E-state index in [1.54, 1.807) is 24.3 Å². The Morgan fingerprint density at radius 1 is 1.27 bits per heavy atom. The Morgan fingerprint density at radius 2 is 1.67 bits per heavy atom. The smallest absolute Gasteiger partial charge is 0.488 e. The predicted octanol–water partition coefficient (Wildman–Crippen LogP) is -1.29. The molecule has 7 heteroatoms. The number of hydrogen-bond donors (Lipinski definition) is 2. The molecule has 1 unspecified atom stereocenters. The van der Waals surface area contributed by atoms with Crippen LogP contribution in [0.5, 0.6) is 0 Å². The molecular formula is C8H13BNO4S-. The molecule has 5 nitrogen and oxygen atoms in total. The molecule has 1 aromatic rings. The van der Waals surface area contributed by atoms with Gasteiger partial charge in [-0.2, -0.15) is 0 Å². The molecule has 0 spiro atoms. The van der Waals surface area contributed by atoms with E-state index in [9.17, 15) is 8.76 Å². The van der Waals surface area contributed by atoms with Crippen LogP contribution in [0.15, 0.2) is 30.3 Å². The Balaban J connectivity index is 0.000000288. The van der Waals surface area contributed by atoms with Gasteiger partial charge < -0.3 is 14.6 Å². The monoisotopic (exact) mass is 230 g/mol. The van der Waals surface area contributed by atoms with E-state index < -0.39 is 18.4 Å². The Morgan fingerprint density at radius 3 is 1.87 bits per heavy atom. The highest BCUT2D eigenvalue weighted by atomic mass is 32.2. The third kappa shape index (κ3) is 7.23. The van der Waals surface area contributed by atoms with Crippen LogP contribution < -0.4 is 5.46 Å². The van der Waals surface area contributed by atoms with Crippen molar-refractivity contribution in [2.75, 3.05) is 14.1 Å². The molecule has 1 aromatic carbocycles. The largest absolute Gasteiger partial charge is 0.760 e. The van der Waals surface area contributed by atoms with E-state index in [4.69, 9.17) is 10.0 Å². The first-order valence-corrected chi connectivity index (χ1v) is 5.16. The van der Waals surface area contributed by atoms with E-state index in [2.05, 4.69) is 0 Å². The maximum absolute atomic E-state index is 9.62. The summed E-state index contributed by atoms with van der Waals surface area (Å²) in [5.41, 5.74) is 0.525. The van der Waals surface area contributed by atoms with E-state index in [1.807, 2.05) is 6.07 Å². The maximum Gasteiger partial charge on any atom is 0.488 e. The molecule has 84 valence electrons. The highest BCUT2D eigenvalue weighted by Gasteiger charge is 2.07. The molecule has 1 atom stereocenters. The van der Waals surface area contributed by atoms with Crippen molar-refractivity contribution < 1.29 is 18.8 Å². The highest BCUT2D eigenvalue weighted by Crippen LogP contribution is 1.82. The molecule has 0 aromatic heterocycles. The van der Waals surface area contributed by atoms with Gasteiger partial charge in [-0.25, -0.2) is 4.31 Å². The minimum absolute atomic E-state index is 0.525. The van der Waals surface area contributed by atoms with Crippen molar-refractivity contribution in [3.05, 3.63) is 30.3 Å². The van der Waals surface area contributed by atoms with Crippen LogP contribution in [-0.2, 0) is 11.3 Å². The second kappa shape index (κ2) is 7.55. The third-order valence-corrected chi connectivity index (χ3v) is 1.99. The Kier molecular flexibility index (Phi) is 7.19. The van der Waals surface area contributed by atoms with Gasteiger partial charge >= 0.3 is 7.12 Å². The average molecular weight is 230 g/mol. The van der Waals surface area contributed by atoms with Crippen LogP contribution in [0.1, 0.15) is 0 Å². The van der Waals surface area contributed by atoms with Crippen molar-refractivity contribution in [2.24, 2.45) is 0 Å². The van der Waals surface area contributed by atoms with E-state index in [0.717, 1.165) is 4.31 Å². The van der Waals surface area contributed by atoms with E-state index in [-0.39, 0.29) is 0 Å². The first-order chi connectivity index (χ1) is 6.95. The lowest BCUT2D eigenvalue weighted by atomic mass is 9.81. The highest BCUT2D eigenvalue weighted by molar-refractivity contribution is 7.76. The van der Waals surface area contributed by atoms with Crippen LogP contribution in [0, 0.1) is 0 Å². The molecule has 0 radical (unpaired) electrons. The van der Waals surface area contributed by atoms with Crippen LogP contribution in [0.3, 0.4) is 0 Å². The molecular weight excluding hydrogens is 217 g/mol. The summed E-state index contributed by atoms with van der Waals surface area (Å²) in [6.07, 6.45) is 0. The minimum atomic E-state index is -2.03. The zero-order chi connectivity index (χ0) is 11.8. The first kappa shape index (κ1) is 14.3. The molecule has 0 heterocycles. The van der Waals surface area contributed by atoms with Crippen molar-refractivity contribution in [2.45, 2.75) is 0 Å². The molecule has 0 aliphatic heterocycles. The minimum Gasteiger partial charge on any atom is -0.760 e.